The number of carbonyl (C=O) groups excluding carboxylic acids is 3. The maximum Gasteiger partial charge on any atom is 0.508 e. The highest BCUT2D eigenvalue weighted by molar-refractivity contribution is 5.77. The standard InChI is InChI=1S/C11H16O7/c1-3-7(2)10(13)16-6-9(12)15-4-8-5-17-11(14)18-8/h7-8H,3-6H2,1-2H3. The van der Waals surface area contributed by atoms with Crippen molar-refractivity contribution >= 4 is 18.1 Å². The van der Waals surface area contributed by atoms with E-state index in [4.69, 9.17) is 9.47 Å². The van der Waals surface area contributed by atoms with Gasteiger partial charge in [-0.15, -0.1) is 0 Å². The Hall–Kier alpha value is -1.79. The van der Waals surface area contributed by atoms with Crippen molar-refractivity contribution < 1.29 is 33.3 Å². The first-order chi connectivity index (χ1) is 8.52. The van der Waals surface area contributed by atoms with Crippen LogP contribution in [0.5, 0.6) is 0 Å². The summed E-state index contributed by atoms with van der Waals surface area (Å²) < 4.78 is 18.7. The Kier molecular flexibility index (Phi) is 5.41. The molecule has 7 heteroatoms. The molecule has 1 heterocycles. The fraction of sp³-hybridized carbons (Fsp3) is 0.727. The lowest BCUT2D eigenvalue weighted by Gasteiger charge is -2.10. The molecule has 1 aliphatic heterocycles. The molecule has 1 rings (SSSR count). The maximum absolute atomic E-state index is 11.3. The summed E-state index contributed by atoms with van der Waals surface area (Å²) in [4.78, 5) is 33.0. The molecule has 0 aromatic rings. The van der Waals surface area contributed by atoms with Gasteiger partial charge in [-0.25, -0.2) is 9.59 Å². The van der Waals surface area contributed by atoms with E-state index >= 15 is 0 Å². The predicted molar refractivity (Wildman–Crippen MR) is 57.6 cm³/mol. The van der Waals surface area contributed by atoms with Crippen LogP contribution >= 0.6 is 0 Å². The van der Waals surface area contributed by atoms with E-state index in [0.29, 0.717) is 6.42 Å². The van der Waals surface area contributed by atoms with Gasteiger partial charge in [-0.05, 0) is 6.42 Å². The summed E-state index contributed by atoms with van der Waals surface area (Å²) in [5.74, 6) is -1.37. The average molecular weight is 260 g/mol. The molecular weight excluding hydrogens is 244 g/mol. The van der Waals surface area contributed by atoms with Crippen molar-refractivity contribution in [3.8, 4) is 0 Å². The second kappa shape index (κ2) is 6.83. The number of esters is 2. The fourth-order valence-electron chi connectivity index (χ4n) is 1.11. The van der Waals surface area contributed by atoms with Crippen molar-refractivity contribution in [2.24, 2.45) is 5.92 Å². The third kappa shape index (κ3) is 4.60. The van der Waals surface area contributed by atoms with Crippen molar-refractivity contribution in [3.05, 3.63) is 0 Å². The van der Waals surface area contributed by atoms with Crippen LogP contribution in [0.4, 0.5) is 4.79 Å². The molecule has 18 heavy (non-hydrogen) atoms. The first-order valence-corrected chi connectivity index (χ1v) is 5.68. The molecule has 0 spiro atoms. The highest BCUT2D eigenvalue weighted by Crippen LogP contribution is 2.07. The lowest BCUT2D eigenvalue weighted by Crippen LogP contribution is -2.25. The normalized spacial score (nSPS) is 19.7. The van der Waals surface area contributed by atoms with E-state index in [1.165, 1.54) is 0 Å². The number of hydrogen-bond acceptors (Lipinski definition) is 7. The van der Waals surface area contributed by atoms with Crippen molar-refractivity contribution in [1.29, 1.82) is 0 Å². The molecule has 0 bridgehead atoms. The lowest BCUT2D eigenvalue weighted by molar-refractivity contribution is -0.162. The first kappa shape index (κ1) is 14.3. The third-order valence-corrected chi connectivity index (χ3v) is 2.43. The summed E-state index contributed by atoms with van der Waals surface area (Å²) in [5.41, 5.74) is 0. The molecular formula is C11H16O7. The number of rotatable bonds is 6. The summed E-state index contributed by atoms with van der Waals surface area (Å²) in [6, 6.07) is 0. The fourth-order valence-corrected chi connectivity index (χ4v) is 1.11. The van der Waals surface area contributed by atoms with E-state index in [-0.39, 0.29) is 19.1 Å². The Morgan fingerprint density at radius 1 is 1.44 bits per heavy atom. The zero-order valence-corrected chi connectivity index (χ0v) is 10.3. The molecule has 0 aliphatic carbocycles. The van der Waals surface area contributed by atoms with Gasteiger partial charge in [0.1, 0.15) is 13.2 Å². The van der Waals surface area contributed by atoms with Crippen LogP contribution in [0.3, 0.4) is 0 Å². The van der Waals surface area contributed by atoms with Crippen molar-refractivity contribution in [2.45, 2.75) is 26.4 Å². The minimum absolute atomic E-state index is 0.0543. The Morgan fingerprint density at radius 2 is 2.17 bits per heavy atom. The van der Waals surface area contributed by atoms with Gasteiger partial charge >= 0.3 is 18.1 Å². The van der Waals surface area contributed by atoms with Crippen LogP contribution in [0.2, 0.25) is 0 Å². The van der Waals surface area contributed by atoms with Crippen molar-refractivity contribution in [2.75, 3.05) is 19.8 Å². The molecule has 1 saturated heterocycles. The third-order valence-electron chi connectivity index (χ3n) is 2.43. The van der Waals surface area contributed by atoms with Crippen LogP contribution < -0.4 is 0 Å². The van der Waals surface area contributed by atoms with Gasteiger partial charge in [0, 0.05) is 0 Å². The second-order valence-electron chi connectivity index (χ2n) is 3.90. The zero-order chi connectivity index (χ0) is 13.5. The topological polar surface area (TPSA) is 88.1 Å². The molecule has 2 unspecified atom stereocenters. The largest absolute Gasteiger partial charge is 0.508 e. The molecule has 0 aromatic heterocycles. The second-order valence-corrected chi connectivity index (χ2v) is 3.90. The SMILES string of the molecule is CCC(C)C(=O)OCC(=O)OCC1COC(=O)O1. The van der Waals surface area contributed by atoms with E-state index in [2.05, 4.69) is 9.47 Å². The number of hydrogen-bond donors (Lipinski definition) is 0. The average Bonchev–Trinajstić information content (AvgIpc) is 2.78. The Bertz CT molecular complexity index is 325. The predicted octanol–water partition coefficient (Wildman–Crippen LogP) is 0.654. The zero-order valence-electron chi connectivity index (χ0n) is 10.3. The van der Waals surface area contributed by atoms with Crippen LogP contribution in [0.25, 0.3) is 0 Å². The van der Waals surface area contributed by atoms with Crippen molar-refractivity contribution in [1.82, 2.24) is 0 Å². The Morgan fingerprint density at radius 3 is 2.72 bits per heavy atom. The molecule has 0 aromatic carbocycles. The van der Waals surface area contributed by atoms with Crippen LogP contribution in [0, 0.1) is 5.92 Å². The van der Waals surface area contributed by atoms with Gasteiger partial charge in [0.25, 0.3) is 0 Å². The number of ether oxygens (including phenoxy) is 4. The molecule has 0 N–H and O–H groups in total. The molecule has 2 atom stereocenters. The van der Waals surface area contributed by atoms with E-state index in [9.17, 15) is 14.4 Å². The van der Waals surface area contributed by atoms with Crippen LogP contribution in [0.15, 0.2) is 0 Å². The summed E-state index contributed by atoms with van der Waals surface area (Å²) in [6.07, 6.45) is -0.727. The van der Waals surface area contributed by atoms with Gasteiger partial charge in [-0.2, -0.15) is 0 Å². The van der Waals surface area contributed by atoms with Gasteiger partial charge in [-0.3, -0.25) is 4.79 Å². The summed E-state index contributed by atoms with van der Waals surface area (Å²) in [7, 11) is 0. The number of cyclic esters (lactones) is 2. The molecule has 7 nitrogen and oxygen atoms in total. The highest BCUT2D eigenvalue weighted by atomic mass is 16.8. The quantitative estimate of drug-likeness (QED) is 0.511. The highest BCUT2D eigenvalue weighted by Gasteiger charge is 2.26. The first-order valence-electron chi connectivity index (χ1n) is 5.68. The number of carbonyl (C=O) groups is 3. The molecule has 0 radical (unpaired) electrons. The molecule has 0 amide bonds. The smallest absolute Gasteiger partial charge is 0.459 e. The Labute approximate surface area is 104 Å². The molecule has 0 saturated carbocycles. The van der Waals surface area contributed by atoms with Gasteiger partial charge in [0.2, 0.25) is 0 Å². The van der Waals surface area contributed by atoms with Gasteiger partial charge < -0.3 is 18.9 Å². The molecule has 1 aliphatic rings. The maximum atomic E-state index is 11.3. The minimum atomic E-state index is -0.778. The van der Waals surface area contributed by atoms with Gasteiger partial charge in [0.15, 0.2) is 12.7 Å². The monoisotopic (exact) mass is 260 g/mol. The summed E-state index contributed by atoms with van der Waals surface area (Å²) >= 11 is 0. The van der Waals surface area contributed by atoms with Crippen LogP contribution in [-0.2, 0) is 28.5 Å². The summed E-state index contributed by atoms with van der Waals surface area (Å²) in [5, 5.41) is 0. The summed E-state index contributed by atoms with van der Waals surface area (Å²) in [6.45, 7) is 3.07. The lowest BCUT2D eigenvalue weighted by atomic mass is 10.1. The van der Waals surface area contributed by atoms with E-state index in [0.717, 1.165) is 0 Å². The van der Waals surface area contributed by atoms with Crippen LogP contribution in [-0.4, -0.2) is 44.0 Å². The minimum Gasteiger partial charge on any atom is -0.459 e. The molecule has 102 valence electrons. The Balaban J connectivity index is 2.14. The van der Waals surface area contributed by atoms with E-state index in [1.54, 1.807) is 6.92 Å². The van der Waals surface area contributed by atoms with Gasteiger partial charge in [-0.1, -0.05) is 13.8 Å². The van der Waals surface area contributed by atoms with Crippen LogP contribution in [0.1, 0.15) is 20.3 Å². The van der Waals surface area contributed by atoms with E-state index < -0.39 is 30.8 Å². The van der Waals surface area contributed by atoms with Crippen molar-refractivity contribution in [3.63, 3.8) is 0 Å². The van der Waals surface area contributed by atoms with E-state index in [1.807, 2.05) is 6.92 Å². The molecule has 1 fully saturated rings. The van der Waals surface area contributed by atoms with Gasteiger partial charge in [0.05, 0.1) is 5.92 Å².